The minimum Gasteiger partial charge on any atom is -0.382 e. The summed E-state index contributed by atoms with van der Waals surface area (Å²) in [5.74, 6) is -1.39. The lowest BCUT2D eigenvalue weighted by Crippen LogP contribution is -2.29. The number of nitrogens with two attached hydrogens (primary N) is 2. The summed E-state index contributed by atoms with van der Waals surface area (Å²) in [5, 5.41) is 12.0. The lowest BCUT2D eigenvalue weighted by atomic mass is 10.1. The Hall–Kier alpha value is -4.73. The maximum Gasteiger partial charge on any atom is 0.416 e. The molecule has 4 rings (SSSR count). The van der Waals surface area contributed by atoms with E-state index in [1.54, 1.807) is 6.92 Å². The summed E-state index contributed by atoms with van der Waals surface area (Å²) in [7, 11) is 0. The van der Waals surface area contributed by atoms with Crippen molar-refractivity contribution in [2.75, 3.05) is 16.8 Å². The van der Waals surface area contributed by atoms with E-state index in [9.17, 15) is 27.6 Å². The normalized spacial score (nSPS) is 12.3. The Morgan fingerprint density at radius 1 is 1.14 bits per heavy atom. The summed E-state index contributed by atoms with van der Waals surface area (Å²) in [6, 6.07) is 8.83. The molecular weight excluding hydrogens is 480 g/mol. The molecule has 0 spiro atoms. The van der Waals surface area contributed by atoms with E-state index in [4.69, 9.17) is 11.5 Å². The summed E-state index contributed by atoms with van der Waals surface area (Å²) < 4.78 is 55.8. The number of hydrogen-bond donors (Lipinski definition) is 3. The van der Waals surface area contributed by atoms with Crippen molar-refractivity contribution < 1.29 is 17.6 Å². The predicted octanol–water partition coefficient (Wildman–Crippen LogP) is 3.93. The molecule has 0 aliphatic heterocycles. The molecule has 0 bridgehead atoms. The van der Waals surface area contributed by atoms with Gasteiger partial charge in [0, 0.05) is 0 Å². The Balaban J connectivity index is 2.00. The number of alkyl halides is 3. The van der Waals surface area contributed by atoms with E-state index in [1.807, 2.05) is 6.07 Å². The van der Waals surface area contributed by atoms with Crippen molar-refractivity contribution in [1.29, 1.82) is 5.26 Å². The van der Waals surface area contributed by atoms with Gasteiger partial charge in [0.1, 0.15) is 34.5 Å². The fraction of sp³-hybridized carbons (Fsp3) is 0.174. The topological polar surface area (TPSA) is 149 Å². The molecule has 1 unspecified atom stereocenters. The zero-order valence-corrected chi connectivity index (χ0v) is 18.6. The van der Waals surface area contributed by atoms with Gasteiger partial charge in [0.2, 0.25) is 5.95 Å². The van der Waals surface area contributed by atoms with Crippen LogP contribution in [0.4, 0.5) is 35.1 Å². The van der Waals surface area contributed by atoms with Gasteiger partial charge >= 0.3 is 6.18 Å². The SMILES string of the molecule is CCC(Nc1nc(N)nc(N)c1C#N)c1nc2cccc(F)c2c(=O)n1-c1cccc(C(F)(F)F)c1. The second kappa shape index (κ2) is 9.14. The van der Waals surface area contributed by atoms with Gasteiger partial charge in [0.25, 0.3) is 5.56 Å². The van der Waals surface area contributed by atoms with Gasteiger partial charge in [-0.25, -0.2) is 9.37 Å². The second-order valence-corrected chi connectivity index (χ2v) is 7.70. The maximum atomic E-state index is 14.6. The molecule has 0 saturated carbocycles. The highest BCUT2D eigenvalue weighted by molar-refractivity contribution is 5.79. The molecular formula is C23H18F4N8O. The Labute approximate surface area is 201 Å². The molecule has 0 fully saturated rings. The number of nitriles is 1. The second-order valence-electron chi connectivity index (χ2n) is 7.70. The average molecular weight is 498 g/mol. The highest BCUT2D eigenvalue weighted by Crippen LogP contribution is 2.32. The predicted molar refractivity (Wildman–Crippen MR) is 125 cm³/mol. The molecule has 13 heteroatoms. The van der Waals surface area contributed by atoms with Gasteiger partial charge in [-0.1, -0.05) is 19.1 Å². The number of nitrogen functional groups attached to an aromatic ring is 2. The van der Waals surface area contributed by atoms with Gasteiger partial charge in [0.05, 0.1) is 22.8 Å². The van der Waals surface area contributed by atoms with Crippen LogP contribution >= 0.6 is 0 Å². The van der Waals surface area contributed by atoms with Gasteiger partial charge in [-0.05, 0) is 36.8 Å². The lowest BCUT2D eigenvalue weighted by molar-refractivity contribution is -0.137. The minimum absolute atomic E-state index is 0.000646. The molecule has 0 aliphatic carbocycles. The van der Waals surface area contributed by atoms with Crippen LogP contribution in [0, 0.1) is 17.1 Å². The Morgan fingerprint density at radius 2 is 1.86 bits per heavy atom. The fourth-order valence-corrected chi connectivity index (χ4v) is 3.74. The first-order valence-corrected chi connectivity index (χ1v) is 10.5. The smallest absolute Gasteiger partial charge is 0.382 e. The first-order valence-electron chi connectivity index (χ1n) is 10.5. The van der Waals surface area contributed by atoms with Crippen LogP contribution in [-0.2, 0) is 6.18 Å². The molecule has 184 valence electrons. The molecule has 2 aromatic carbocycles. The van der Waals surface area contributed by atoms with Gasteiger partial charge in [-0.3, -0.25) is 9.36 Å². The van der Waals surface area contributed by atoms with Gasteiger partial charge in [-0.15, -0.1) is 0 Å². The zero-order valence-electron chi connectivity index (χ0n) is 18.6. The molecule has 0 saturated heterocycles. The Bertz CT molecular complexity index is 1580. The number of benzene rings is 2. The van der Waals surface area contributed by atoms with Crippen molar-refractivity contribution in [2.45, 2.75) is 25.6 Å². The molecule has 4 aromatic rings. The van der Waals surface area contributed by atoms with Crippen molar-refractivity contribution in [3.8, 4) is 11.8 Å². The van der Waals surface area contributed by atoms with Crippen LogP contribution in [0.5, 0.6) is 0 Å². The first-order chi connectivity index (χ1) is 17.0. The van der Waals surface area contributed by atoms with E-state index in [1.165, 1.54) is 18.2 Å². The number of fused-ring (bicyclic) bond motifs is 1. The standard InChI is InChI=1S/C23H18F4N8O/c1-2-15(31-19-13(10-28)18(29)33-22(30)34-19)20-32-16-8-4-7-14(24)17(16)21(36)35(20)12-6-3-5-11(9-12)23(25,26)27/h3-9,15H,2H2,1H3,(H5,29,30,31,33,34). The van der Waals surface area contributed by atoms with Crippen LogP contribution in [0.15, 0.2) is 47.3 Å². The number of aromatic nitrogens is 4. The van der Waals surface area contributed by atoms with Gasteiger partial charge in [0.15, 0.2) is 5.82 Å². The molecule has 1 atom stereocenters. The third kappa shape index (κ3) is 4.36. The van der Waals surface area contributed by atoms with E-state index in [-0.39, 0.29) is 52.0 Å². The first kappa shape index (κ1) is 24.4. The van der Waals surface area contributed by atoms with Crippen molar-refractivity contribution in [3.05, 3.63) is 75.6 Å². The molecule has 2 aromatic heterocycles. The number of rotatable bonds is 5. The van der Waals surface area contributed by atoms with Crippen LogP contribution in [0.1, 0.15) is 36.3 Å². The minimum atomic E-state index is -4.69. The molecule has 0 aliphatic rings. The van der Waals surface area contributed by atoms with Gasteiger partial charge < -0.3 is 16.8 Å². The molecule has 2 heterocycles. The van der Waals surface area contributed by atoms with Gasteiger partial charge in [-0.2, -0.15) is 28.4 Å². The van der Waals surface area contributed by atoms with Crippen LogP contribution in [0.25, 0.3) is 16.6 Å². The summed E-state index contributed by atoms with van der Waals surface area (Å²) in [6.45, 7) is 1.70. The van der Waals surface area contributed by atoms with Crippen LogP contribution in [0.3, 0.4) is 0 Å². The molecule has 0 amide bonds. The molecule has 0 radical (unpaired) electrons. The summed E-state index contributed by atoms with van der Waals surface area (Å²) in [5.41, 5.74) is 9.22. The highest BCUT2D eigenvalue weighted by atomic mass is 19.4. The average Bonchev–Trinajstić information content (AvgIpc) is 2.81. The van der Waals surface area contributed by atoms with E-state index in [0.29, 0.717) is 0 Å². The Kier molecular flexibility index (Phi) is 6.19. The molecule has 5 N–H and O–H groups in total. The molecule has 36 heavy (non-hydrogen) atoms. The quantitative estimate of drug-likeness (QED) is 0.351. The number of anilines is 3. The van der Waals surface area contributed by atoms with E-state index in [2.05, 4.69) is 20.3 Å². The highest BCUT2D eigenvalue weighted by Gasteiger charge is 2.31. The molecule has 9 nitrogen and oxygen atoms in total. The lowest BCUT2D eigenvalue weighted by Gasteiger charge is -2.23. The van der Waals surface area contributed by atoms with Crippen molar-refractivity contribution in [3.63, 3.8) is 0 Å². The number of nitrogens with one attached hydrogen (secondary N) is 1. The number of halogens is 4. The Morgan fingerprint density at radius 3 is 2.53 bits per heavy atom. The van der Waals surface area contributed by atoms with E-state index < -0.39 is 29.2 Å². The summed E-state index contributed by atoms with van der Waals surface area (Å²) in [6.07, 6.45) is -4.46. The zero-order chi connectivity index (χ0) is 26.2. The van der Waals surface area contributed by atoms with Crippen LogP contribution in [0.2, 0.25) is 0 Å². The van der Waals surface area contributed by atoms with Crippen molar-refractivity contribution in [1.82, 2.24) is 19.5 Å². The number of hydrogen-bond acceptors (Lipinski definition) is 8. The van der Waals surface area contributed by atoms with E-state index >= 15 is 0 Å². The largest absolute Gasteiger partial charge is 0.416 e. The summed E-state index contributed by atoms with van der Waals surface area (Å²) >= 11 is 0. The third-order valence-electron chi connectivity index (χ3n) is 5.40. The monoisotopic (exact) mass is 498 g/mol. The number of nitrogens with zero attached hydrogens (tertiary/aromatic N) is 5. The van der Waals surface area contributed by atoms with E-state index in [0.717, 1.165) is 28.8 Å². The van der Waals surface area contributed by atoms with Crippen LogP contribution in [-0.4, -0.2) is 19.5 Å². The fourth-order valence-electron chi connectivity index (χ4n) is 3.74. The summed E-state index contributed by atoms with van der Waals surface area (Å²) in [4.78, 5) is 25.6. The third-order valence-corrected chi connectivity index (χ3v) is 5.40. The van der Waals surface area contributed by atoms with Crippen LogP contribution < -0.4 is 22.3 Å². The van der Waals surface area contributed by atoms with Crippen molar-refractivity contribution >= 4 is 28.5 Å². The maximum absolute atomic E-state index is 14.6. The van der Waals surface area contributed by atoms with Crippen molar-refractivity contribution in [2.24, 2.45) is 0 Å².